The van der Waals surface area contributed by atoms with Gasteiger partial charge in [-0.3, -0.25) is 29.6 Å². The van der Waals surface area contributed by atoms with Crippen LogP contribution in [0.15, 0.2) is 42.7 Å². The summed E-state index contributed by atoms with van der Waals surface area (Å²) >= 11 is 0. The molecule has 2 aromatic rings. The number of carbonyl (C=O) groups excluding carboxylic acids is 3. The molecular formula is C26H29N5O3. The number of amides is 3. The summed E-state index contributed by atoms with van der Waals surface area (Å²) in [6.45, 7) is 5.77. The summed E-state index contributed by atoms with van der Waals surface area (Å²) in [5, 5.41) is 2.36. The van der Waals surface area contributed by atoms with Crippen LogP contribution in [0.25, 0.3) is 0 Å². The molecule has 0 aliphatic carbocycles. The normalized spacial score (nSPS) is 24.2. The maximum Gasteiger partial charge on any atom is 0.255 e. The monoisotopic (exact) mass is 459 g/mol. The predicted molar refractivity (Wildman–Crippen MR) is 126 cm³/mol. The SMILES string of the molecule is O=C1CCC(N2Cc3cc(N4CC5(CCN(Cc6ccncc6)CC5)C4)ccc3C2=O)C(=O)N1. The van der Waals surface area contributed by atoms with Crippen LogP contribution in [-0.2, 0) is 22.7 Å². The first-order valence-corrected chi connectivity index (χ1v) is 12.1. The van der Waals surface area contributed by atoms with Crippen molar-refractivity contribution >= 4 is 23.4 Å². The molecule has 8 nitrogen and oxygen atoms in total. The fourth-order valence-corrected chi connectivity index (χ4v) is 5.95. The molecule has 8 heteroatoms. The van der Waals surface area contributed by atoms with Crippen molar-refractivity contribution in [1.82, 2.24) is 20.1 Å². The molecule has 1 aromatic heterocycles. The van der Waals surface area contributed by atoms with Crippen molar-refractivity contribution in [2.75, 3.05) is 31.1 Å². The molecule has 1 spiro atoms. The van der Waals surface area contributed by atoms with Crippen molar-refractivity contribution < 1.29 is 14.4 Å². The number of benzene rings is 1. The molecule has 5 heterocycles. The van der Waals surface area contributed by atoms with Gasteiger partial charge in [0.1, 0.15) is 6.04 Å². The highest BCUT2D eigenvalue weighted by Crippen LogP contribution is 2.43. The molecule has 1 aromatic carbocycles. The standard InChI is InChI=1S/C26H29N5O3/c32-23-4-3-22(24(33)28-23)31-15-19-13-20(1-2-21(19)25(31)34)30-16-26(17-30)7-11-29(12-8-26)14-18-5-9-27-10-6-18/h1-2,5-6,9-10,13,22H,3-4,7-8,11-12,14-17H2,(H,28,32,33). The maximum absolute atomic E-state index is 12.9. The van der Waals surface area contributed by atoms with E-state index in [0.717, 1.165) is 44.0 Å². The number of imide groups is 1. The molecule has 4 aliphatic heterocycles. The molecule has 3 amide bonds. The number of hydrogen-bond donors (Lipinski definition) is 1. The number of piperidine rings is 2. The van der Waals surface area contributed by atoms with E-state index >= 15 is 0 Å². The van der Waals surface area contributed by atoms with E-state index in [4.69, 9.17) is 0 Å². The number of anilines is 1. The smallest absolute Gasteiger partial charge is 0.255 e. The van der Waals surface area contributed by atoms with Crippen molar-refractivity contribution in [1.29, 1.82) is 0 Å². The van der Waals surface area contributed by atoms with Gasteiger partial charge in [0.15, 0.2) is 0 Å². The molecule has 1 atom stereocenters. The summed E-state index contributed by atoms with van der Waals surface area (Å²) in [7, 11) is 0. The summed E-state index contributed by atoms with van der Waals surface area (Å²) in [5.74, 6) is -0.738. The molecule has 0 radical (unpaired) electrons. The Morgan fingerprint density at radius 1 is 1.03 bits per heavy atom. The van der Waals surface area contributed by atoms with Crippen LogP contribution in [-0.4, -0.2) is 64.7 Å². The lowest BCUT2D eigenvalue weighted by Crippen LogP contribution is -2.60. The lowest BCUT2D eigenvalue weighted by molar-refractivity contribution is -0.136. The number of carbonyl (C=O) groups is 3. The van der Waals surface area contributed by atoms with E-state index in [0.29, 0.717) is 23.9 Å². The van der Waals surface area contributed by atoms with Gasteiger partial charge in [-0.05, 0) is 73.8 Å². The molecule has 6 rings (SSSR count). The summed E-state index contributed by atoms with van der Waals surface area (Å²) in [5.41, 5.74) is 4.51. The maximum atomic E-state index is 12.9. The number of fused-ring (bicyclic) bond motifs is 1. The minimum absolute atomic E-state index is 0.113. The molecule has 0 saturated carbocycles. The number of nitrogens with one attached hydrogen (secondary N) is 1. The molecule has 34 heavy (non-hydrogen) atoms. The Kier molecular flexibility index (Phi) is 5.13. The van der Waals surface area contributed by atoms with E-state index in [-0.39, 0.29) is 24.1 Å². The zero-order valence-electron chi connectivity index (χ0n) is 19.2. The average Bonchev–Trinajstić information content (AvgIpc) is 3.14. The van der Waals surface area contributed by atoms with Crippen LogP contribution in [0.3, 0.4) is 0 Å². The van der Waals surface area contributed by atoms with E-state index < -0.39 is 6.04 Å². The van der Waals surface area contributed by atoms with Gasteiger partial charge in [-0.15, -0.1) is 0 Å². The third kappa shape index (κ3) is 3.76. The molecular weight excluding hydrogens is 430 g/mol. The number of likely N-dealkylation sites (tertiary alicyclic amines) is 1. The summed E-state index contributed by atoms with van der Waals surface area (Å²) in [4.78, 5) is 47.4. The third-order valence-corrected chi connectivity index (χ3v) is 8.00. The summed E-state index contributed by atoms with van der Waals surface area (Å²) in [6, 6.07) is 9.68. The van der Waals surface area contributed by atoms with Crippen molar-refractivity contribution in [3.8, 4) is 0 Å². The first-order valence-electron chi connectivity index (χ1n) is 12.1. The first kappa shape index (κ1) is 21.3. The van der Waals surface area contributed by atoms with E-state index in [1.54, 1.807) is 4.90 Å². The molecule has 0 bridgehead atoms. The fraction of sp³-hybridized carbons (Fsp3) is 0.462. The van der Waals surface area contributed by atoms with Gasteiger partial charge >= 0.3 is 0 Å². The van der Waals surface area contributed by atoms with Gasteiger partial charge in [0.25, 0.3) is 5.91 Å². The highest BCUT2D eigenvalue weighted by atomic mass is 16.2. The van der Waals surface area contributed by atoms with Crippen LogP contribution in [0.5, 0.6) is 0 Å². The zero-order valence-corrected chi connectivity index (χ0v) is 19.2. The second-order valence-corrected chi connectivity index (χ2v) is 10.2. The van der Waals surface area contributed by atoms with Gasteiger partial charge < -0.3 is 9.80 Å². The van der Waals surface area contributed by atoms with Gasteiger partial charge in [-0.2, -0.15) is 0 Å². The lowest BCUT2D eigenvalue weighted by atomic mass is 9.71. The zero-order chi connectivity index (χ0) is 23.3. The minimum Gasteiger partial charge on any atom is -0.370 e. The van der Waals surface area contributed by atoms with Crippen LogP contribution in [0.4, 0.5) is 5.69 Å². The Hall–Kier alpha value is -3.26. The number of nitrogens with zero attached hydrogens (tertiary/aromatic N) is 4. The number of aromatic nitrogens is 1. The van der Waals surface area contributed by atoms with Gasteiger partial charge in [0.05, 0.1) is 0 Å². The first-order chi connectivity index (χ1) is 16.5. The van der Waals surface area contributed by atoms with Crippen molar-refractivity contribution in [2.45, 2.75) is 44.8 Å². The molecule has 4 aliphatic rings. The quantitative estimate of drug-likeness (QED) is 0.704. The average molecular weight is 460 g/mol. The second-order valence-electron chi connectivity index (χ2n) is 10.2. The summed E-state index contributed by atoms with van der Waals surface area (Å²) in [6.07, 6.45) is 6.81. The molecule has 3 saturated heterocycles. The number of pyridine rings is 1. The summed E-state index contributed by atoms with van der Waals surface area (Å²) < 4.78 is 0. The number of rotatable bonds is 4. The lowest BCUT2D eigenvalue weighted by Gasteiger charge is -2.55. The molecule has 1 N–H and O–H groups in total. The van der Waals surface area contributed by atoms with Crippen molar-refractivity contribution in [3.63, 3.8) is 0 Å². The van der Waals surface area contributed by atoms with Crippen LogP contribution >= 0.6 is 0 Å². The van der Waals surface area contributed by atoms with E-state index in [1.807, 2.05) is 24.5 Å². The van der Waals surface area contributed by atoms with Gasteiger partial charge in [0, 0.05) is 61.7 Å². The van der Waals surface area contributed by atoms with Crippen LogP contribution in [0.1, 0.15) is 47.2 Å². The van der Waals surface area contributed by atoms with Crippen molar-refractivity contribution in [2.24, 2.45) is 5.41 Å². The third-order valence-electron chi connectivity index (χ3n) is 8.00. The van der Waals surface area contributed by atoms with E-state index in [1.165, 1.54) is 18.4 Å². The van der Waals surface area contributed by atoms with Gasteiger partial charge in [0.2, 0.25) is 11.8 Å². The topological polar surface area (TPSA) is 85.9 Å². The van der Waals surface area contributed by atoms with E-state index in [9.17, 15) is 14.4 Å². The molecule has 1 unspecified atom stereocenters. The van der Waals surface area contributed by atoms with Gasteiger partial charge in [-0.25, -0.2) is 0 Å². The molecule has 3 fully saturated rings. The second kappa shape index (κ2) is 8.20. The van der Waals surface area contributed by atoms with Crippen LogP contribution in [0.2, 0.25) is 0 Å². The molecule has 176 valence electrons. The highest BCUT2D eigenvalue weighted by molar-refractivity contribution is 6.05. The van der Waals surface area contributed by atoms with E-state index in [2.05, 4.69) is 38.3 Å². The Balaban J connectivity index is 1.07. The van der Waals surface area contributed by atoms with Crippen molar-refractivity contribution in [3.05, 3.63) is 59.4 Å². The largest absolute Gasteiger partial charge is 0.370 e. The Morgan fingerprint density at radius 2 is 1.79 bits per heavy atom. The highest BCUT2D eigenvalue weighted by Gasteiger charge is 2.45. The number of hydrogen-bond acceptors (Lipinski definition) is 6. The Morgan fingerprint density at radius 3 is 2.53 bits per heavy atom. The fourth-order valence-electron chi connectivity index (χ4n) is 5.95. The Labute approximate surface area is 198 Å². The van der Waals surface area contributed by atoms with Gasteiger partial charge in [-0.1, -0.05) is 0 Å². The van der Waals surface area contributed by atoms with Crippen LogP contribution in [0, 0.1) is 5.41 Å². The minimum atomic E-state index is -0.564. The van der Waals surface area contributed by atoms with Crippen LogP contribution < -0.4 is 10.2 Å². The Bertz CT molecular complexity index is 1130. The predicted octanol–water partition coefficient (Wildman–Crippen LogP) is 1.95.